The van der Waals surface area contributed by atoms with E-state index in [1.165, 1.54) is 11.1 Å². The summed E-state index contributed by atoms with van der Waals surface area (Å²) < 4.78 is 1.93. The first-order valence-electron chi connectivity index (χ1n) is 5.58. The van der Waals surface area contributed by atoms with Gasteiger partial charge in [0.15, 0.2) is 0 Å². The second kappa shape index (κ2) is 5.47. The second-order valence-corrected chi connectivity index (χ2v) is 3.93. The van der Waals surface area contributed by atoms with Gasteiger partial charge in [-0.05, 0) is 18.6 Å². The minimum Gasteiger partial charge on any atom is -0.311 e. The molecular weight excluding hydrogens is 198 g/mol. The summed E-state index contributed by atoms with van der Waals surface area (Å²) in [5.74, 6) is 0. The average molecular weight is 215 g/mol. The molecule has 3 nitrogen and oxygen atoms in total. The summed E-state index contributed by atoms with van der Waals surface area (Å²) in [5, 5.41) is 7.55. The molecular formula is C13H17N3. The van der Waals surface area contributed by atoms with Crippen LogP contribution >= 0.6 is 0 Å². The Hall–Kier alpha value is -1.61. The fraction of sp³-hybridized carbons (Fsp3) is 0.308. The van der Waals surface area contributed by atoms with Crippen molar-refractivity contribution in [1.82, 2.24) is 15.1 Å². The Balaban J connectivity index is 1.70. The van der Waals surface area contributed by atoms with Crippen molar-refractivity contribution in [2.75, 3.05) is 6.54 Å². The van der Waals surface area contributed by atoms with E-state index in [9.17, 15) is 0 Å². The lowest BCUT2D eigenvalue weighted by atomic mass is 10.1. The van der Waals surface area contributed by atoms with Crippen LogP contribution in [0.15, 0.2) is 42.7 Å². The first-order chi connectivity index (χ1) is 7.84. The third kappa shape index (κ3) is 3.21. The molecule has 0 spiro atoms. The van der Waals surface area contributed by atoms with Crippen molar-refractivity contribution in [1.29, 1.82) is 0 Å². The Morgan fingerprint density at radius 3 is 2.75 bits per heavy atom. The maximum Gasteiger partial charge on any atom is 0.0534 e. The van der Waals surface area contributed by atoms with Gasteiger partial charge in [0.25, 0.3) is 0 Å². The molecule has 16 heavy (non-hydrogen) atoms. The summed E-state index contributed by atoms with van der Waals surface area (Å²) in [6.45, 7) is 4.88. The zero-order valence-corrected chi connectivity index (χ0v) is 9.56. The molecule has 2 rings (SSSR count). The highest BCUT2D eigenvalue weighted by Gasteiger charge is 1.93. The summed E-state index contributed by atoms with van der Waals surface area (Å²) in [6.07, 6.45) is 3.79. The number of nitrogens with zero attached hydrogens (tertiary/aromatic N) is 2. The highest BCUT2D eigenvalue weighted by atomic mass is 15.3. The van der Waals surface area contributed by atoms with Gasteiger partial charge in [0.1, 0.15) is 0 Å². The molecule has 0 saturated heterocycles. The number of nitrogens with one attached hydrogen (secondary N) is 1. The van der Waals surface area contributed by atoms with Crippen molar-refractivity contribution >= 4 is 0 Å². The lowest BCUT2D eigenvalue weighted by molar-refractivity contribution is 0.555. The van der Waals surface area contributed by atoms with Crippen molar-refractivity contribution in [3.05, 3.63) is 53.9 Å². The molecule has 1 heterocycles. The van der Waals surface area contributed by atoms with E-state index < -0.39 is 0 Å². The van der Waals surface area contributed by atoms with Crippen molar-refractivity contribution in [3.8, 4) is 0 Å². The smallest absolute Gasteiger partial charge is 0.0534 e. The van der Waals surface area contributed by atoms with E-state index in [0.29, 0.717) is 0 Å². The zero-order valence-electron chi connectivity index (χ0n) is 9.56. The topological polar surface area (TPSA) is 29.9 Å². The van der Waals surface area contributed by atoms with Crippen molar-refractivity contribution in [3.63, 3.8) is 0 Å². The lowest BCUT2D eigenvalue weighted by Gasteiger charge is -2.05. The van der Waals surface area contributed by atoms with Crippen LogP contribution in [0.4, 0.5) is 0 Å². The van der Waals surface area contributed by atoms with Gasteiger partial charge in [-0.3, -0.25) is 4.68 Å². The van der Waals surface area contributed by atoms with Gasteiger partial charge in [-0.1, -0.05) is 29.8 Å². The van der Waals surface area contributed by atoms with Gasteiger partial charge >= 0.3 is 0 Å². The van der Waals surface area contributed by atoms with Crippen LogP contribution in [0.2, 0.25) is 0 Å². The molecule has 0 amide bonds. The van der Waals surface area contributed by atoms with Crippen LogP contribution in [0.25, 0.3) is 0 Å². The Morgan fingerprint density at radius 1 is 1.25 bits per heavy atom. The molecule has 0 radical (unpaired) electrons. The van der Waals surface area contributed by atoms with Crippen LogP contribution in [0.5, 0.6) is 0 Å². The standard InChI is InChI=1S/C13H17N3/c1-12-3-5-13(6-4-12)11-14-8-10-16-9-2-7-15-16/h2-7,9,14H,8,10-11H2,1H3. The minimum atomic E-state index is 0.916. The fourth-order valence-corrected chi connectivity index (χ4v) is 1.56. The molecule has 0 atom stereocenters. The third-order valence-electron chi connectivity index (χ3n) is 2.53. The number of hydrogen-bond donors (Lipinski definition) is 1. The van der Waals surface area contributed by atoms with Crippen LogP contribution < -0.4 is 5.32 Å². The van der Waals surface area contributed by atoms with E-state index in [1.54, 1.807) is 6.20 Å². The normalized spacial score (nSPS) is 10.6. The maximum atomic E-state index is 4.15. The van der Waals surface area contributed by atoms with Crippen LogP contribution in [0, 0.1) is 6.92 Å². The van der Waals surface area contributed by atoms with E-state index in [4.69, 9.17) is 0 Å². The molecule has 0 saturated carbocycles. The van der Waals surface area contributed by atoms with Gasteiger partial charge in [0, 0.05) is 25.5 Å². The van der Waals surface area contributed by atoms with Gasteiger partial charge in [-0.15, -0.1) is 0 Å². The quantitative estimate of drug-likeness (QED) is 0.773. The molecule has 1 N–H and O–H groups in total. The maximum absolute atomic E-state index is 4.15. The third-order valence-corrected chi connectivity index (χ3v) is 2.53. The van der Waals surface area contributed by atoms with E-state index in [-0.39, 0.29) is 0 Å². The highest BCUT2D eigenvalue weighted by molar-refractivity contribution is 5.20. The van der Waals surface area contributed by atoms with E-state index in [2.05, 4.69) is 41.6 Å². The summed E-state index contributed by atoms with van der Waals surface area (Å²) >= 11 is 0. The molecule has 1 aromatic carbocycles. The lowest BCUT2D eigenvalue weighted by Crippen LogP contribution is -2.19. The zero-order chi connectivity index (χ0) is 11.2. The van der Waals surface area contributed by atoms with Crippen LogP contribution in [-0.2, 0) is 13.1 Å². The predicted octanol–water partition coefficient (Wildman–Crippen LogP) is 1.98. The summed E-state index contributed by atoms with van der Waals surface area (Å²) in [7, 11) is 0. The molecule has 3 heteroatoms. The number of benzene rings is 1. The SMILES string of the molecule is Cc1ccc(CNCCn2cccn2)cc1. The second-order valence-electron chi connectivity index (χ2n) is 3.93. The Labute approximate surface area is 96.1 Å². The number of aryl methyl sites for hydroxylation is 1. The Kier molecular flexibility index (Phi) is 3.72. The molecule has 0 fully saturated rings. The first kappa shape index (κ1) is 10.9. The number of hydrogen-bond acceptors (Lipinski definition) is 2. The van der Waals surface area contributed by atoms with E-state index in [0.717, 1.165) is 19.6 Å². The largest absolute Gasteiger partial charge is 0.311 e. The average Bonchev–Trinajstić information content (AvgIpc) is 2.80. The molecule has 0 unspecified atom stereocenters. The Morgan fingerprint density at radius 2 is 2.06 bits per heavy atom. The van der Waals surface area contributed by atoms with Crippen LogP contribution in [0.1, 0.15) is 11.1 Å². The van der Waals surface area contributed by atoms with Crippen molar-refractivity contribution < 1.29 is 0 Å². The molecule has 0 aliphatic carbocycles. The van der Waals surface area contributed by atoms with Crippen LogP contribution in [-0.4, -0.2) is 16.3 Å². The van der Waals surface area contributed by atoms with Gasteiger partial charge in [-0.2, -0.15) is 5.10 Å². The molecule has 84 valence electrons. The molecule has 0 aliphatic heterocycles. The first-order valence-corrected chi connectivity index (χ1v) is 5.58. The van der Waals surface area contributed by atoms with Gasteiger partial charge in [0.2, 0.25) is 0 Å². The van der Waals surface area contributed by atoms with Gasteiger partial charge in [0.05, 0.1) is 6.54 Å². The fourth-order valence-electron chi connectivity index (χ4n) is 1.56. The van der Waals surface area contributed by atoms with Crippen LogP contribution in [0.3, 0.4) is 0 Å². The minimum absolute atomic E-state index is 0.916. The molecule has 2 aromatic rings. The summed E-state index contributed by atoms with van der Waals surface area (Å²) in [5.41, 5.74) is 2.63. The summed E-state index contributed by atoms with van der Waals surface area (Å²) in [6, 6.07) is 10.6. The Bertz CT molecular complexity index is 403. The predicted molar refractivity (Wildman–Crippen MR) is 65.1 cm³/mol. The van der Waals surface area contributed by atoms with Gasteiger partial charge < -0.3 is 5.32 Å². The summed E-state index contributed by atoms with van der Waals surface area (Å²) in [4.78, 5) is 0. The van der Waals surface area contributed by atoms with E-state index >= 15 is 0 Å². The molecule has 1 aromatic heterocycles. The number of rotatable bonds is 5. The van der Waals surface area contributed by atoms with Gasteiger partial charge in [-0.25, -0.2) is 0 Å². The highest BCUT2D eigenvalue weighted by Crippen LogP contribution is 2.02. The molecule has 0 bridgehead atoms. The van der Waals surface area contributed by atoms with Crippen molar-refractivity contribution in [2.24, 2.45) is 0 Å². The number of aromatic nitrogens is 2. The molecule has 0 aliphatic rings. The monoisotopic (exact) mass is 215 g/mol. The van der Waals surface area contributed by atoms with E-state index in [1.807, 2.05) is 16.9 Å². The van der Waals surface area contributed by atoms with Crippen molar-refractivity contribution in [2.45, 2.75) is 20.0 Å².